The number of aliphatic carboxylic acids is 1. The molecule has 3 aliphatic rings. The number of thioether (sulfide) groups is 1. The zero-order chi connectivity index (χ0) is 88.9. The molecular formula is C81H112ClN21O18S. The van der Waals surface area contributed by atoms with Crippen molar-refractivity contribution in [1.82, 2.24) is 92.2 Å². The highest BCUT2D eigenvalue weighted by Gasteiger charge is 2.41. The van der Waals surface area contributed by atoms with E-state index < -0.39 is 180 Å². The lowest BCUT2D eigenvalue weighted by Gasteiger charge is -2.35. The van der Waals surface area contributed by atoms with Crippen LogP contribution in [0.2, 0.25) is 5.02 Å². The number of primary amides is 3. The number of piperazine rings is 1. The van der Waals surface area contributed by atoms with E-state index in [1.54, 1.807) is 79.3 Å². The number of carboxylic acid groups (broad SMARTS) is 1. The maximum Gasteiger partial charge on any atom is 0.317 e. The lowest BCUT2D eigenvalue weighted by molar-refractivity contribution is -0.141. The molecule has 18 N–H and O–H groups in total. The molecule has 1 saturated carbocycles. The fourth-order valence-corrected chi connectivity index (χ4v) is 15.7. The van der Waals surface area contributed by atoms with Crippen molar-refractivity contribution >= 4 is 146 Å². The molecule has 122 heavy (non-hydrogen) atoms. The first-order valence-corrected chi connectivity index (χ1v) is 42.2. The quantitative estimate of drug-likeness (QED) is 0.0278. The fraction of sp³-hybridized carbons (Fsp3) is 0.531. The number of carboxylic acids is 1. The summed E-state index contributed by atoms with van der Waals surface area (Å²) in [5.41, 5.74) is 19.5. The Morgan fingerprint density at radius 1 is 0.582 bits per heavy atom. The Balaban J connectivity index is 1.15. The Kier molecular flexibility index (Phi) is 36.6. The van der Waals surface area contributed by atoms with Crippen molar-refractivity contribution in [2.45, 2.75) is 170 Å². The number of nitrogens with two attached hydrogens (primary N) is 3. The molecule has 1 aliphatic carbocycles. The van der Waals surface area contributed by atoms with Crippen LogP contribution in [0.5, 0.6) is 0 Å². The van der Waals surface area contributed by atoms with E-state index in [9.17, 15) is 72.2 Å². The van der Waals surface area contributed by atoms with Gasteiger partial charge in [-0.15, -0.1) is 0 Å². The Hall–Kier alpha value is -11.9. The number of carbonyl (C=O) groups excluding carboxylic acids is 16. The molecule has 0 bridgehead atoms. The second-order valence-electron chi connectivity index (χ2n) is 30.8. The molecule has 8 rings (SSSR count). The molecule has 3 aromatic heterocycles. The number of rotatable bonds is 25. The smallest absolute Gasteiger partial charge is 0.317 e. The van der Waals surface area contributed by atoms with Crippen molar-refractivity contribution in [3.8, 4) is 0 Å². The summed E-state index contributed by atoms with van der Waals surface area (Å²) >= 11 is 7.81. The minimum absolute atomic E-state index is 0.0374. The van der Waals surface area contributed by atoms with Gasteiger partial charge in [0.15, 0.2) is 0 Å². The van der Waals surface area contributed by atoms with Gasteiger partial charge in [-0.3, -0.25) is 86.6 Å². The Morgan fingerprint density at radius 2 is 1.16 bits per heavy atom. The third kappa shape index (κ3) is 28.6. The van der Waals surface area contributed by atoms with Crippen LogP contribution < -0.4 is 75.7 Å². The standard InChI is InChI=1S/C81H112ClN21O18S/c1-6-54-73(113)92-55(23-13-26-63(83)104)72(112)87-30-35-122-46-67(108)89-41-68(109)101(5)62(36-47-16-15-28-86-40-47)78(118)96-60(39-65(85)106)77(117)97-70(48-17-11-18-48)79(119)94-57(24-14-27-64(84)105)80(120)100(4)44-66(107)90-58(38-50-43-99(3)71-52(50)20-12-21-53(71)82)75(115)93-56(22-9-10-29-88-81(121)103-33-31-102(32-34-103)45-69(110)111)74(114)95-59(76(116)91-54)37-49-42-98(2)61-25-8-7-19-51(49)61/h7-8,12,15-16,19-21,25,28,40,42-43,48,54-60,62,70H,6,9-11,13-14,17-18,22-24,26-27,29-39,41,44-46H2,1-5H3,(H2,83,104)(H2,84,105)(H2,85,106)(H,87,112)(H,88,121)(H,89,108)(H,90,107)(H,91,116)(H,92,113)(H,93,115)(H,94,119)(H,95,114)(H,96,118)(H,97,117)(H,110,111). The van der Waals surface area contributed by atoms with Gasteiger partial charge in [0, 0.05) is 146 Å². The summed E-state index contributed by atoms with van der Waals surface area (Å²) < 4.78 is 3.53. The highest BCUT2D eigenvalue weighted by molar-refractivity contribution is 7.99. The van der Waals surface area contributed by atoms with Gasteiger partial charge in [0.2, 0.25) is 88.6 Å². The van der Waals surface area contributed by atoms with Gasteiger partial charge in [0.25, 0.3) is 0 Å². The molecular weight excluding hydrogens is 1620 g/mol. The number of hydrogen-bond acceptors (Lipinski definition) is 20. The van der Waals surface area contributed by atoms with Gasteiger partial charge in [-0.05, 0) is 105 Å². The van der Waals surface area contributed by atoms with Crippen LogP contribution in [0.15, 0.2) is 79.4 Å². The fourth-order valence-electron chi connectivity index (χ4n) is 14.8. The molecule has 3 fully saturated rings. The molecule has 662 valence electrons. The van der Waals surface area contributed by atoms with Gasteiger partial charge in [0.1, 0.15) is 54.4 Å². The number of amides is 17. The predicted octanol–water partition coefficient (Wildman–Crippen LogP) is -2.13. The number of hydrogen-bond donors (Lipinski definition) is 15. The third-order valence-corrected chi connectivity index (χ3v) is 22.9. The van der Waals surface area contributed by atoms with E-state index >= 15 is 14.4 Å². The predicted molar refractivity (Wildman–Crippen MR) is 450 cm³/mol. The average molecular weight is 1740 g/mol. The number of nitrogens with zero attached hydrogens (tertiary/aromatic N) is 7. The zero-order valence-electron chi connectivity index (χ0n) is 69.1. The van der Waals surface area contributed by atoms with Gasteiger partial charge in [-0.1, -0.05) is 61.3 Å². The van der Waals surface area contributed by atoms with Crippen molar-refractivity contribution in [1.29, 1.82) is 0 Å². The monoisotopic (exact) mass is 1730 g/mol. The Bertz CT molecular complexity index is 4610. The highest BCUT2D eigenvalue weighted by atomic mass is 35.5. The van der Waals surface area contributed by atoms with Crippen molar-refractivity contribution in [3.63, 3.8) is 0 Å². The zero-order valence-corrected chi connectivity index (χ0v) is 70.7. The third-order valence-electron chi connectivity index (χ3n) is 21.6. The van der Waals surface area contributed by atoms with E-state index in [4.69, 9.17) is 28.8 Å². The van der Waals surface area contributed by atoms with Crippen LogP contribution in [0.25, 0.3) is 21.8 Å². The molecule has 2 aromatic carbocycles. The number of halogens is 1. The first-order chi connectivity index (χ1) is 58.2. The summed E-state index contributed by atoms with van der Waals surface area (Å²) in [5, 5.41) is 40.8. The topological polar surface area (TPSA) is 557 Å². The minimum atomic E-state index is -1.78. The number of urea groups is 1. The van der Waals surface area contributed by atoms with Crippen LogP contribution in [0.1, 0.15) is 114 Å². The van der Waals surface area contributed by atoms with E-state index in [2.05, 4.69) is 63.5 Å². The lowest BCUT2D eigenvalue weighted by Crippen LogP contribution is -2.61. The van der Waals surface area contributed by atoms with Gasteiger partial charge >= 0.3 is 12.0 Å². The molecule has 2 saturated heterocycles. The van der Waals surface area contributed by atoms with Crippen molar-refractivity contribution < 1.29 is 86.6 Å². The van der Waals surface area contributed by atoms with Crippen LogP contribution in [0.4, 0.5) is 4.79 Å². The van der Waals surface area contributed by atoms with Crippen LogP contribution in [-0.4, -0.2) is 278 Å². The van der Waals surface area contributed by atoms with Gasteiger partial charge in [0.05, 0.1) is 42.3 Å². The van der Waals surface area contributed by atoms with Crippen molar-refractivity contribution in [2.75, 3.05) is 84.5 Å². The minimum Gasteiger partial charge on any atom is -0.480 e. The highest BCUT2D eigenvalue weighted by Crippen LogP contribution is 2.31. The first kappa shape index (κ1) is 95.5. The molecule has 2 aliphatic heterocycles. The Labute approximate surface area is 714 Å². The molecule has 5 aromatic rings. The lowest BCUT2D eigenvalue weighted by atomic mass is 9.79. The number of fused-ring (bicyclic) bond motifs is 2. The number of pyridine rings is 1. The average Bonchev–Trinajstić information content (AvgIpc) is 1.65. The van der Waals surface area contributed by atoms with E-state index in [1.165, 1.54) is 31.4 Å². The summed E-state index contributed by atoms with van der Waals surface area (Å²) in [6.45, 7) is 1.07. The summed E-state index contributed by atoms with van der Waals surface area (Å²) in [7, 11) is 6.01. The molecule has 5 heterocycles. The summed E-state index contributed by atoms with van der Waals surface area (Å²) in [5.74, 6) is -14.7. The summed E-state index contributed by atoms with van der Waals surface area (Å²) in [4.78, 5) is 247. The number of para-hydroxylation sites is 2. The van der Waals surface area contributed by atoms with Gasteiger partial charge in [-0.25, -0.2) is 4.79 Å². The number of aromatic nitrogens is 3. The van der Waals surface area contributed by atoms with E-state index in [0.29, 0.717) is 70.4 Å². The second kappa shape index (κ2) is 46.7. The van der Waals surface area contributed by atoms with Gasteiger partial charge < -0.3 is 105 Å². The number of likely N-dealkylation sites (N-methyl/N-ethyl adjacent to an activating group) is 2. The number of nitrogens with one attached hydrogen (secondary N) is 11. The normalized spacial score (nSPS) is 22.4. The number of aryl methyl sites for hydroxylation is 2. The summed E-state index contributed by atoms with van der Waals surface area (Å²) in [6, 6.07) is 1.51. The molecule has 39 nitrogen and oxygen atoms in total. The molecule has 17 amide bonds. The molecule has 0 radical (unpaired) electrons. The SMILES string of the molecule is CCC1NC(=O)C(Cc2cn(C)c3ccccc23)NC(=O)C(CCCCNC(=O)N2CCN(CC(=O)O)CC2)NC(=O)C(Cc2cn(C)c3c(Cl)cccc23)NC(=O)CN(C)C(=O)C(CCCC(N)=O)NC(=O)C(C2CCC2)NC(=O)C(CC(N)=O)NC(=O)C(Cc2cccnc2)N(C)C(=O)CNC(=O)CSCCNC(=O)C(CCCC(N)=O)NC1=O. The van der Waals surface area contributed by atoms with Crippen molar-refractivity contribution in [3.05, 3.63) is 101 Å². The summed E-state index contributed by atoms with van der Waals surface area (Å²) in [6.07, 6.45) is 5.46. The van der Waals surface area contributed by atoms with Crippen LogP contribution >= 0.6 is 23.4 Å². The number of benzene rings is 2. The van der Waals surface area contributed by atoms with E-state index in [-0.39, 0.29) is 128 Å². The number of carbonyl (C=O) groups is 17. The largest absolute Gasteiger partial charge is 0.480 e. The molecule has 0 spiro atoms. The first-order valence-electron chi connectivity index (χ1n) is 40.7. The van der Waals surface area contributed by atoms with Crippen molar-refractivity contribution in [2.24, 2.45) is 37.2 Å². The molecule has 9 unspecified atom stereocenters. The van der Waals surface area contributed by atoms with E-state index in [0.717, 1.165) is 27.1 Å². The maximum atomic E-state index is 15.6. The Morgan fingerprint density at radius 3 is 1.80 bits per heavy atom. The maximum absolute atomic E-state index is 15.6. The van der Waals surface area contributed by atoms with E-state index in [1.807, 2.05) is 22.8 Å². The second-order valence-corrected chi connectivity index (χ2v) is 32.3. The molecule has 9 atom stereocenters. The van der Waals surface area contributed by atoms with Crippen LogP contribution in [0, 0.1) is 5.92 Å². The van der Waals surface area contributed by atoms with Gasteiger partial charge in [-0.2, -0.15) is 11.8 Å². The molecule has 41 heteroatoms. The number of unbranched alkanes of at least 4 members (excludes halogenated alkanes) is 1. The van der Waals surface area contributed by atoms with Crippen LogP contribution in [0.3, 0.4) is 0 Å². The van der Waals surface area contributed by atoms with Crippen LogP contribution in [-0.2, 0) is 110 Å².